The van der Waals surface area contributed by atoms with E-state index >= 15 is 0 Å². The van der Waals surface area contributed by atoms with Crippen molar-refractivity contribution in [3.05, 3.63) is 30.1 Å². The van der Waals surface area contributed by atoms with E-state index in [4.69, 9.17) is 5.26 Å². The zero-order valence-corrected chi connectivity index (χ0v) is 11.1. The summed E-state index contributed by atoms with van der Waals surface area (Å²) in [5, 5.41) is 18.0. The first kappa shape index (κ1) is 15.1. The maximum atomic E-state index is 11.3. The van der Waals surface area contributed by atoms with Gasteiger partial charge in [-0.15, -0.1) is 0 Å². The molecule has 1 N–H and O–H groups in total. The molecule has 1 rings (SSSR count). The predicted octanol–water partition coefficient (Wildman–Crippen LogP) is 2.05. The van der Waals surface area contributed by atoms with E-state index in [1.807, 2.05) is 24.0 Å². The SMILES string of the molecule is CCCC(C(=O)O)N(CCC#N)Cc1cccnc1. The van der Waals surface area contributed by atoms with E-state index in [1.54, 1.807) is 12.4 Å². The minimum Gasteiger partial charge on any atom is -0.480 e. The molecule has 5 heteroatoms. The van der Waals surface area contributed by atoms with Gasteiger partial charge >= 0.3 is 5.97 Å². The molecular weight excluding hydrogens is 242 g/mol. The first-order valence-corrected chi connectivity index (χ1v) is 6.41. The molecule has 19 heavy (non-hydrogen) atoms. The minimum atomic E-state index is -0.830. The number of hydrogen-bond donors (Lipinski definition) is 1. The molecule has 0 spiro atoms. The predicted molar refractivity (Wildman–Crippen MR) is 71.2 cm³/mol. The van der Waals surface area contributed by atoms with Crippen LogP contribution in [0.5, 0.6) is 0 Å². The van der Waals surface area contributed by atoms with Crippen molar-refractivity contribution in [3.63, 3.8) is 0 Å². The molecule has 0 saturated carbocycles. The van der Waals surface area contributed by atoms with Crippen LogP contribution in [0.1, 0.15) is 31.7 Å². The molecule has 102 valence electrons. The molecule has 0 saturated heterocycles. The quantitative estimate of drug-likeness (QED) is 0.775. The van der Waals surface area contributed by atoms with E-state index in [2.05, 4.69) is 11.1 Å². The van der Waals surface area contributed by atoms with Crippen molar-refractivity contribution in [2.24, 2.45) is 0 Å². The number of carbonyl (C=O) groups is 1. The van der Waals surface area contributed by atoms with Gasteiger partial charge in [0.25, 0.3) is 0 Å². The number of nitriles is 1. The molecule has 1 aromatic heterocycles. The third-order valence-corrected chi connectivity index (χ3v) is 2.91. The van der Waals surface area contributed by atoms with Crippen molar-refractivity contribution in [2.45, 2.75) is 38.8 Å². The lowest BCUT2D eigenvalue weighted by Crippen LogP contribution is -2.41. The summed E-state index contributed by atoms with van der Waals surface area (Å²) in [6.07, 6.45) is 5.12. The Morgan fingerprint density at radius 1 is 1.63 bits per heavy atom. The highest BCUT2D eigenvalue weighted by atomic mass is 16.4. The highest BCUT2D eigenvalue weighted by molar-refractivity contribution is 5.73. The highest BCUT2D eigenvalue weighted by Crippen LogP contribution is 2.13. The van der Waals surface area contributed by atoms with E-state index < -0.39 is 12.0 Å². The second-order valence-corrected chi connectivity index (χ2v) is 4.38. The third kappa shape index (κ3) is 5.06. The molecule has 0 aliphatic rings. The number of hydrogen-bond acceptors (Lipinski definition) is 4. The van der Waals surface area contributed by atoms with Crippen LogP contribution < -0.4 is 0 Å². The molecule has 0 aliphatic carbocycles. The molecule has 5 nitrogen and oxygen atoms in total. The van der Waals surface area contributed by atoms with Crippen molar-refractivity contribution in [1.29, 1.82) is 5.26 Å². The van der Waals surface area contributed by atoms with Gasteiger partial charge in [-0.1, -0.05) is 19.4 Å². The van der Waals surface area contributed by atoms with Crippen LogP contribution >= 0.6 is 0 Å². The summed E-state index contributed by atoms with van der Waals surface area (Å²) in [7, 11) is 0. The zero-order chi connectivity index (χ0) is 14.1. The van der Waals surface area contributed by atoms with E-state index in [1.165, 1.54) is 0 Å². The Morgan fingerprint density at radius 3 is 2.95 bits per heavy atom. The van der Waals surface area contributed by atoms with Crippen LogP contribution in [-0.4, -0.2) is 33.5 Å². The Hall–Kier alpha value is -1.93. The fraction of sp³-hybridized carbons (Fsp3) is 0.500. The van der Waals surface area contributed by atoms with Crippen LogP contribution in [0.15, 0.2) is 24.5 Å². The van der Waals surface area contributed by atoms with Crippen molar-refractivity contribution in [1.82, 2.24) is 9.88 Å². The van der Waals surface area contributed by atoms with Gasteiger partial charge in [0.15, 0.2) is 0 Å². The van der Waals surface area contributed by atoms with E-state index in [0.29, 0.717) is 25.9 Å². The highest BCUT2D eigenvalue weighted by Gasteiger charge is 2.24. The lowest BCUT2D eigenvalue weighted by atomic mass is 10.1. The van der Waals surface area contributed by atoms with Gasteiger partial charge in [0, 0.05) is 31.9 Å². The number of nitrogens with zero attached hydrogens (tertiary/aromatic N) is 3. The molecule has 1 unspecified atom stereocenters. The Bertz CT molecular complexity index is 428. The molecule has 0 bridgehead atoms. The van der Waals surface area contributed by atoms with Crippen molar-refractivity contribution in [2.75, 3.05) is 6.54 Å². The fourth-order valence-corrected chi connectivity index (χ4v) is 2.00. The van der Waals surface area contributed by atoms with E-state index in [9.17, 15) is 9.90 Å². The Labute approximate surface area is 113 Å². The Kier molecular flexibility index (Phi) is 6.55. The van der Waals surface area contributed by atoms with Gasteiger partial charge in [0.05, 0.1) is 6.07 Å². The summed E-state index contributed by atoms with van der Waals surface area (Å²) in [6, 6.07) is 5.27. The standard InChI is InChI=1S/C14H19N3O2/c1-2-5-13(14(18)19)17(9-4-7-15)11-12-6-3-8-16-10-12/h3,6,8,10,13H,2,4-5,9,11H2,1H3,(H,18,19). The minimum absolute atomic E-state index is 0.327. The van der Waals surface area contributed by atoms with Gasteiger partial charge in [0.2, 0.25) is 0 Å². The number of aromatic nitrogens is 1. The molecule has 0 aliphatic heterocycles. The monoisotopic (exact) mass is 261 g/mol. The molecule has 0 amide bonds. The topological polar surface area (TPSA) is 77.2 Å². The van der Waals surface area contributed by atoms with Gasteiger partial charge in [-0.25, -0.2) is 0 Å². The smallest absolute Gasteiger partial charge is 0.320 e. The molecule has 0 radical (unpaired) electrons. The lowest BCUT2D eigenvalue weighted by Gasteiger charge is -2.27. The summed E-state index contributed by atoms with van der Waals surface area (Å²) >= 11 is 0. The average molecular weight is 261 g/mol. The number of pyridine rings is 1. The van der Waals surface area contributed by atoms with Gasteiger partial charge in [-0.2, -0.15) is 5.26 Å². The van der Waals surface area contributed by atoms with Crippen LogP contribution in [0.25, 0.3) is 0 Å². The Morgan fingerprint density at radius 2 is 2.42 bits per heavy atom. The molecule has 0 aromatic carbocycles. The summed E-state index contributed by atoms with van der Waals surface area (Å²) in [6.45, 7) is 2.93. The molecule has 1 heterocycles. The summed E-state index contributed by atoms with van der Waals surface area (Å²) in [5.41, 5.74) is 0.961. The van der Waals surface area contributed by atoms with Crippen LogP contribution in [-0.2, 0) is 11.3 Å². The van der Waals surface area contributed by atoms with E-state index in [-0.39, 0.29) is 0 Å². The van der Waals surface area contributed by atoms with Gasteiger partial charge in [0.1, 0.15) is 6.04 Å². The Balaban J connectivity index is 2.80. The molecule has 1 atom stereocenters. The van der Waals surface area contributed by atoms with E-state index in [0.717, 1.165) is 12.0 Å². The first-order chi connectivity index (χ1) is 9.19. The maximum absolute atomic E-state index is 11.3. The number of carboxylic acid groups (broad SMARTS) is 1. The number of aliphatic carboxylic acids is 1. The fourth-order valence-electron chi connectivity index (χ4n) is 2.00. The summed E-state index contributed by atoms with van der Waals surface area (Å²) < 4.78 is 0. The van der Waals surface area contributed by atoms with Crippen LogP contribution in [0.3, 0.4) is 0 Å². The normalized spacial score (nSPS) is 12.1. The van der Waals surface area contributed by atoms with Gasteiger partial charge in [-0.3, -0.25) is 14.7 Å². The second-order valence-electron chi connectivity index (χ2n) is 4.38. The molecular formula is C14H19N3O2. The van der Waals surface area contributed by atoms with Crippen molar-refractivity contribution >= 4 is 5.97 Å². The van der Waals surface area contributed by atoms with Crippen LogP contribution in [0, 0.1) is 11.3 Å². The number of rotatable bonds is 8. The summed E-state index contributed by atoms with van der Waals surface area (Å²) in [5.74, 6) is -0.830. The molecule has 1 aromatic rings. The van der Waals surface area contributed by atoms with Crippen LogP contribution in [0.4, 0.5) is 0 Å². The lowest BCUT2D eigenvalue weighted by molar-refractivity contribution is -0.143. The maximum Gasteiger partial charge on any atom is 0.320 e. The van der Waals surface area contributed by atoms with Crippen molar-refractivity contribution in [3.8, 4) is 6.07 Å². The largest absolute Gasteiger partial charge is 0.480 e. The first-order valence-electron chi connectivity index (χ1n) is 6.41. The summed E-state index contributed by atoms with van der Waals surface area (Å²) in [4.78, 5) is 17.2. The van der Waals surface area contributed by atoms with Crippen LogP contribution in [0.2, 0.25) is 0 Å². The van der Waals surface area contributed by atoms with Gasteiger partial charge < -0.3 is 5.11 Å². The average Bonchev–Trinajstić information content (AvgIpc) is 2.42. The van der Waals surface area contributed by atoms with Crippen molar-refractivity contribution < 1.29 is 9.90 Å². The third-order valence-electron chi connectivity index (χ3n) is 2.91. The zero-order valence-electron chi connectivity index (χ0n) is 11.1. The second kappa shape index (κ2) is 8.22. The number of carboxylic acids is 1. The van der Waals surface area contributed by atoms with Gasteiger partial charge in [-0.05, 0) is 18.1 Å². The molecule has 0 fully saturated rings.